The molecular formula is C53H35NO2. The first-order valence-corrected chi connectivity index (χ1v) is 19.1. The van der Waals surface area contributed by atoms with E-state index >= 15 is 0 Å². The first-order chi connectivity index (χ1) is 27.8. The molecular weight excluding hydrogens is 683 g/mol. The fourth-order valence-electron chi connectivity index (χ4n) is 8.88. The van der Waals surface area contributed by atoms with Gasteiger partial charge in [0.15, 0.2) is 23.0 Å². The van der Waals surface area contributed by atoms with Gasteiger partial charge in [-0.05, 0) is 104 Å². The summed E-state index contributed by atoms with van der Waals surface area (Å²) in [5, 5.41) is 2.42. The number of anilines is 3. The molecule has 0 aromatic heterocycles. The Kier molecular flexibility index (Phi) is 7.39. The summed E-state index contributed by atoms with van der Waals surface area (Å²) >= 11 is 0. The van der Waals surface area contributed by atoms with E-state index < -0.39 is 5.41 Å². The summed E-state index contributed by atoms with van der Waals surface area (Å²) in [6.45, 7) is 0. The first kappa shape index (κ1) is 32.1. The minimum atomic E-state index is -0.605. The largest absolute Gasteiger partial charge is 0.449 e. The zero-order chi connectivity index (χ0) is 37.1. The Morgan fingerprint density at radius 2 is 0.929 bits per heavy atom. The third-order valence-corrected chi connectivity index (χ3v) is 11.4. The van der Waals surface area contributed by atoms with E-state index in [0.717, 1.165) is 51.2 Å². The van der Waals surface area contributed by atoms with Crippen LogP contribution in [0.2, 0.25) is 0 Å². The number of ether oxygens (including phenoxy) is 2. The SMILES string of the molecule is c1ccc(-c2ccc(N(c3ccc(C4(c5ccccc5)c5ccccc5-c5c4ccc4c5Oc5ccccc5O4)cc3)c3ccc4ccccc4c3)cc2)cc1. The predicted octanol–water partition coefficient (Wildman–Crippen LogP) is 14.2. The van der Waals surface area contributed by atoms with Gasteiger partial charge < -0.3 is 14.4 Å². The Hall–Kier alpha value is -7.36. The van der Waals surface area contributed by atoms with Crippen molar-refractivity contribution in [2.45, 2.75) is 5.41 Å². The molecule has 0 saturated heterocycles. The van der Waals surface area contributed by atoms with Gasteiger partial charge in [-0.3, -0.25) is 0 Å². The van der Waals surface area contributed by atoms with E-state index in [2.05, 4.69) is 193 Å². The van der Waals surface area contributed by atoms with Crippen LogP contribution in [-0.4, -0.2) is 0 Å². The van der Waals surface area contributed by atoms with Crippen LogP contribution in [0.25, 0.3) is 33.0 Å². The summed E-state index contributed by atoms with van der Waals surface area (Å²) in [6, 6.07) is 75.7. The smallest absolute Gasteiger partial charge is 0.178 e. The second kappa shape index (κ2) is 12.9. The van der Waals surface area contributed by atoms with Crippen LogP contribution in [0, 0.1) is 0 Å². The first-order valence-electron chi connectivity index (χ1n) is 19.1. The minimum Gasteiger partial charge on any atom is -0.449 e. The van der Waals surface area contributed by atoms with Crippen LogP contribution in [0.3, 0.4) is 0 Å². The Balaban J connectivity index is 1.09. The molecule has 9 aromatic rings. The lowest BCUT2D eigenvalue weighted by Crippen LogP contribution is -2.28. The van der Waals surface area contributed by atoms with Gasteiger partial charge in [0.05, 0.1) is 5.41 Å². The molecule has 1 heterocycles. The normalized spacial score (nSPS) is 14.8. The fraction of sp³-hybridized carbons (Fsp3) is 0.0189. The highest BCUT2D eigenvalue weighted by molar-refractivity contribution is 5.93. The molecule has 3 nitrogen and oxygen atoms in total. The molecule has 1 aliphatic heterocycles. The Morgan fingerprint density at radius 1 is 0.357 bits per heavy atom. The van der Waals surface area contributed by atoms with Crippen LogP contribution in [-0.2, 0) is 5.41 Å². The van der Waals surface area contributed by atoms with Crippen molar-refractivity contribution < 1.29 is 9.47 Å². The topological polar surface area (TPSA) is 21.7 Å². The predicted molar refractivity (Wildman–Crippen MR) is 228 cm³/mol. The van der Waals surface area contributed by atoms with Crippen LogP contribution < -0.4 is 14.4 Å². The monoisotopic (exact) mass is 717 g/mol. The van der Waals surface area contributed by atoms with E-state index in [0.29, 0.717) is 0 Å². The maximum atomic E-state index is 6.73. The van der Waals surface area contributed by atoms with Gasteiger partial charge in [-0.2, -0.15) is 0 Å². The van der Waals surface area contributed by atoms with Gasteiger partial charge in [0.2, 0.25) is 0 Å². The van der Waals surface area contributed by atoms with Crippen LogP contribution in [0.1, 0.15) is 22.3 Å². The van der Waals surface area contributed by atoms with E-state index in [9.17, 15) is 0 Å². The maximum absolute atomic E-state index is 6.73. The highest BCUT2D eigenvalue weighted by atomic mass is 16.6. The van der Waals surface area contributed by atoms with Crippen molar-refractivity contribution >= 4 is 27.8 Å². The third-order valence-electron chi connectivity index (χ3n) is 11.4. The number of benzene rings is 9. The summed E-state index contributed by atoms with van der Waals surface area (Å²) in [4.78, 5) is 2.36. The van der Waals surface area contributed by atoms with E-state index in [1.165, 1.54) is 44.2 Å². The Labute approximate surface area is 326 Å². The van der Waals surface area contributed by atoms with Gasteiger partial charge in [-0.15, -0.1) is 0 Å². The Bertz CT molecular complexity index is 2900. The molecule has 0 bridgehead atoms. The fourth-order valence-corrected chi connectivity index (χ4v) is 8.88. The molecule has 9 aromatic carbocycles. The van der Waals surface area contributed by atoms with Crippen LogP contribution in [0.5, 0.6) is 23.0 Å². The van der Waals surface area contributed by atoms with E-state index in [4.69, 9.17) is 9.47 Å². The van der Waals surface area contributed by atoms with Crippen molar-refractivity contribution in [3.8, 4) is 45.3 Å². The average molecular weight is 718 g/mol. The summed E-state index contributed by atoms with van der Waals surface area (Å²) in [5.41, 5.74) is 12.0. The van der Waals surface area contributed by atoms with Gasteiger partial charge in [-0.25, -0.2) is 0 Å². The average Bonchev–Trinajstić information content (AvgIpc) is 3.58. The van der Waals surface area contributed by atoms with Gasteiger partial charge >= 0.3 is 0 Å². The molecule has 0 N–H and O–H groups in total. The molecule has 56 heavy (non-hydrogen) atoms. The second-order valence-corrected chi connectivity index (χ2v) is 14.5. The van der Waals surface area contributed by atoms with E-state index in [1.807, 2.05) is 24.3 Å². The van der Waals surface area contributed by atoms with Gasteiger partial charge in [-0.1, -0.05) is 158 Å². The summed E-state index contributed by atoms with van der Waals surface area (Å²) in [7, 11) is 0. The highest BCUT2D eigenvalue weighted by Gasteiger charge is 2.48. The molecule has 0 amide bonds. The second-order valence-electron chi connectivity index (χ2n) is 14.5. The van der Waals surface area contributed by atoms with Crippen molar-refractivity contribution in [3.05, 3.63) is 235 Å². The molecule has 1 atom stereocenters. The molecule has 0 radical (unpaired) electrons. The quantitative estimate of drug-likeness (QED) is 0.171. The Morgan fingerprint density at radius 3 is 1.70 bits per heavy atom. The maximum Gasteiger partial charge on any atom is 0.178 e. The molecule has 0 spiro atoms. The summed E-state index contributed by atoms with van der Waals surface area (Å²) in [6.07, 6.45) is 0. The number of rotatable bonds is 6. The molecule has 3 heteroatoms. The molecule has 264 valence electrons. The number of para-hydroxylation sites is 2. The van der Waals surface area contributed by atoms with Crippen LogP contribution >= 0.6 is 0 Å². The van der Waals surface area contributed by atoms with Gasteiger partial charge in [0, 0.05) is 22.6 Å². The minimum absolute atomic E-state index is 0.605. The standard InChI is InChI=1S/C53H35NO2/c1-3-13-36(14-4-1)38-23-28-42(29-24-38)54(44-30-25-37-15-7-8-16-39(37)35-44)43-31-26-41(27-32-43)53(40-17-5-2-6-18-40)46-20-10-9-19-45(46)51-47(53)33-34-50-52(51)56-49-22-12-11-21-48(49)55-50/h1-35H. The van der Waals surface area contributed by atoms with Crippen molar-refractivity contribution in [2.24, 2.45) is 0 Å². The zero-order valence-corrected chi connectivity index (χ0v) is 30.5. The molecule has 1 aliphatic carbocycles. The van der Waals surface area contributed by atoms with Crippen molar-refractivity contribution in [2.75, 3.05) is 4.90 Å². The lowest BCUT2D eigenvalue weighted by atomic mass is 9.67. The molecule has 0 fully saturated rings. The molecule has 11 rings (SSSR count). The van der Waals surface area contributed by atoms with Crippen molar-refractivity contribution in [3.63, 3.8) is 0 Å². The highest BCUT2D eigenvalue weighted by Crippen LogP contribution is 2.62. The third kappa shape index (κ3) is 4.98. The zero-order valence-electron chi connectivity index (χ0n) is 30.5. The summed E-state index contributed by atoms with van der Waals surface area (Å²) in [5.74, 6) is 2.92. The molecule has 2 aliphatic rings. The van der Waals surface area contributed by atoms with Gasteiger partial charge in [0.1, 0.15) is 0 Å². The lowest BCUT2D eigenvalue weighted by Gasteiger charge is -2.35. The number of hydrogen-bond donors (Lipinski definition) is 0. The van der Waals surface area contributed by atoms with Crippen molar-refractivity contribution in [1.29, 1.82) is 0 Å². The van der Waals surface area contributed by atoms with Crippen molar-refractivity contribution in [1.82, 2.24) is 0 Å². The molecule has 1 unspecified atom stereocenters. The van der Waals surface area contributed by atoms with E-state index in [1.54, 1.807) is 0 Å². The number of nitrogens with zero attached hydrogens (tertiary/aromatic N) is 1. The van der Waals surface area contributed by atoms with Gasteiger partial charge in [0.25, 0.3) is 0 Å². The lowest BCUT2D eigenvalue weighted by molar-refractivity contribution is 0.360. The van der Waals surface area contributed by atoms with Crippen LogP contribution in [0.4, 0.5) is 17.1 Å². The van der Waals surface area contributed by atoms with E-state index in [-0.39, 0.29) is 0 Å². The summed E-state index contributed by atoms with van der Waals surface area (Å²) < 4.78 is 13.2. The number of hydrogen-bond acceptors (Lipinski definition) is 3. The number of fused-ring (bicyclic) bond motifs is 7. The molecule has 0 saturated carbocycles. The van der Waals surface area contributed by atoms with Crippen LogP contribution in [0.15, 0.2) is 212 Å².